The molecule has 44 heavy (non-hydrogen) atoms. The van der Waals surface area contributed by atoms with Crippen molar-refractivity contribution in [3.05, 3.63) is 91.5 Å². The van der Waals surface area contributed by atoms with E-state index in [0.717, 1.165) is 32.1 Å². The molecule has 2 aromatic rings. The number of nitro groups is 2. The third kappa shape index (κ3) is 4.87. The minimum atomic E-state index is -0.851. The maximum atomic E-state index is 13.1. The lowest BCUT2D eigenvalue weighted by Gasteiger charge is -2.57. The predicted octanol–water partition coefficient (Wildman–Crippen LogP) is 6.60. The summed E-state index contributed by atoms with van der Waals surface area (Å²) in [6.07, 6.45) is 6.79. The summed E-state index contributed by atoms with van der Waals surface area (Å²) in [6, 6.07) is 10.9. The average molecular weight is 605 g/mol. The van der Waals surface area contributed by atoms with Crippen molar-refractivity contribution >= 4 is 23.3 Å². The van der Waals surface area contributed by atoms with Crippen LogP contribution >= 0.6 is 0 Å². The highest BCUT2D eigenvalue weighted by atomic mass is 16.6. The van der Waals surface area contributed by atoms with E-state index in [9.17, 15) is 29.8 Å². The van der Waals surface area contributed by atoms with Gasteiger partial charge in [0.25, 0.3) is 11.4 Å². The summed E-state index contributed by atoms with van der Waals surface area (Å²) in [7, 11) is 0. The lowest BCUT2D eigenvalue weighted by atomic mass is 9.48. The van der Waals surface area contributed by atoms with Crippen LogP contribution in [0.3, 0.4) is 0 Å². The molecule has 1 heterocycles. The molecule has 4 aliphatic rings. The molecule has 1 aliphatic heterocycles. The van der Waals surface area contributed by atoms with Crippen LogP contribution in [0.25, 0.3) is 0 Å². The number of fused-ring (bicyclic) bond motifs is 5. The van der Waals surface area contributed by atoms with Gasteiger partial charge in [-0.2, -0.15) is 0 Å². The summed E-state index contributed by atoms with van der Waals surface area (Å²) < 4.78 is 18.5. The first-order valence-electron chi connectivity index (χ1n) is 15.1. The Balaban J connectivity index is 1.14. The number of hydrogen-bond acceptors (Lipinski definition) is 9. The summed E-state index contributed by atoms with van der Waals surface area (Å²) in [5, 5.41) is 21.9. The van der Waals surface area contributed by atoms with E-state index < -0.39 is 32.8 Å². The highest BCUT2D eigenvalue weighted by Gasteiger charge is 2.65. The Bertz CT molecular complexity index is 1540. The molecule has 0 radical (unpaired) electrons. The van der Waals surface area contributed by atoms with Crippen molar-refractivity contribution < 1.29 is 33.6 Å². The molecule has 11 nitrogen and oxygen atoms in total. The smallest absolute Gasteiger partial charge is 0.338 e. The quantitative estimate of drug-likeness (QED) is 0.154. The van der Waals surface area contributed by atoms with Crippen LogP contribution in [0, 0.1) is 42.9 Å². The molecule has 232 valence electrons. The summed E-state index contributed by atoms with van der Waals surface area (Å²) in [6.45, 7) is 6.69. The normalized spacial score (nSPS) is 34.0. The van der Waals surface area contributed by atoms with Crippen LogP contribution in [0.1, 0.15) is 80.0 Å². The van der Waals surface area contributed by atoms with Gasteiger partial charge < -0.3 is 14.2 Å². The number of carbonyl (C=O) groups excluding carboxylic acids is 2. The predicted molar refractivity (Wildman–Crippen MR) is 158 cm³/mol. The number of nitrogens with zero attached hydrogens (tertiary/aromatic N) is 2. The van der Waals surface area contributed by atoms with Gasteiger partial charge in [0.1, 0.15) is 11.7 Å². The molecule has 1 saturated heterocycles. The van der Waals surface area contributed by atoms with Gasteiger partial charge in [0.05, 0.1) is 33.7 Å². The summed E-state index contributed by atoms with van der Waals surface area (Å²) >= 11 is 0. The van der Waals surface area contributed by atoms with E-state index in [2.05, 4.69) is 19.9 Å². The second-order valence-electron chi connectivity index (χ2n) is 13.3. The zero-order valence-electron chi connectivity index (χ0n) is 25.0. The van der Waals surface area contributed by atoms with Crippen molar-refractivity contribution in [2.45, 2.75) is 77.1 Å². The number of non-ortho nitro benzene ring substituents is 2. The van der Waals surface area contributed by atoms with E-state index in [1.165, 1.54) is 54.1 Å². The second-order valence-corrected chi connectivity index (χ2v) is 13.3. The molecule has 11 heteroatoms. The maximum Gasteiger partial charge on any atom is 0.338 e. The van der Waals surface area contributed by atoms with Gasteiger partial charge in [0.2, 0.25) is 0 Å². The molecule has 0 spiro atoms. The van der Waals surface area contributed by atoms with E-state index in [4.69, 9.17) is 14.2 Å². The monoisotopic (exact) mass is 604 g/mol. The molecule has 0 bridgehead atoms. The molecule has 2 saturated carbocycles. The first kappa shape index (κ1) is 29.9. The van der Waals surface area contributed by atoms with Gasteiger partial charge in [-0.3, -0.25) is 20.2 Å². The van der Waals surface area contributed by atoms with Crippen LogP contribution in [0.15, 0.2) is 60.2 Å². The van der Waals surface area contributed by atoms with E-state index in [0.29, 0.717) is 17.9 Å². The van der Waals surface area contributed by atoms with Crippen molar-refractivity contribution in [1.82, 2.24) is 0 Å². The van der Waals surface area contributed by atoms with Crippen molar-refractivity contribution in [1.29, 1.82) is 0 Å². The number of esters is 2. The highest BCUT2D eigenvalue weighted by Crippen LogP contribution is 2.64. The second kappa shape index (κ2) is 10.8. The third-order valence-corrected chi connectivity index (χ3v) is 11.1. The van der Waals surface area contributed by atoms with Crippen LogP contribution in [0.4, 0.5) is 11.4 Å². The number of rotatable bonds is 6. The van der Waals surface area contributed by atoms with Gasteiger partial charge in [-0.15, -0.1) is 0 Å². The molecular weight excluding hydrogens is 568 g/mol. The molecule has 0 N–H and O–H groups in total. The summed E-state index contributed by atoms with van der Waals surface area (Å²) in [5.74, 6) is -0.367. The average Bonchev–Trinajstić information content (AvgIpc) is 3.27. The van der Waals surface area contributed by atoms with E-state index in [-0.39, 0.29) is 47.1 Å². The van der Waals surface area contributed by atoms with Crippen LogP contribution in [-0.4, -0.2) is 46.2 Å². The zero-order valence-corrected chi connectivity index (χ0v) is 25.0. The van der Waals surface area contributed by atoms with Crippen molar-refractivity contribution in [3.8, 4) is 0 Å². The molecule has 0 unspecified atom stereocenters. The van der Waals surface area contributed by atoms with Crippen molar-refractivity contribution in [2.75, 3.05) is 6.61 Å². The van der Waals surface area contributed by atoms with Crippen LogP contribution < -0.4 is 0 Å². The minimum absolute atomic E-state index is 0.0572. The SMILES string of the molecule is C[C@]12CC[C@@H](OC(=O)c3ccc([N+](=O)[O-])cc3)CC1=CC[C@H]1[C@H]3OC[C@@](C)(OC(=O)c4ccc([N+](=O)[O-])cc4)[C@@]3(C)CC[C@@H]12. The van der Waals surface area contributed by atoms with Gasteiger partial charge >= 0.3 is 11.9 Å². The topological polar surface area (TPSA) is 148 Å². The van der Waals surface area contributed by atoms with Crippen LogP contribution in [0.5, 0.6) is 0 Å². The maximum absolute atomic E-state index is 13.1. The fourth-order valence-corrected chi connectivity index (χ4v) is 8.25. The molecule has 3 fully saturated rings. The highest BCUT2D eigenvalue weighted by molar-refractivity contribution is 5.90. The first-order chi connectivity index (χ1) is 20.8. The van der Waals surface area contributed by atoms with Gasteiger partial charge in [0.15, 0.2) is 0 Å². The Morgan fingerprint density at radius 2 is 1.45 bits per heavy atom. The Hall–Kier alpha value is -4.12. The summed E-state index contributed by atoms with van der Waals surface area (Å²) in [4.78, 5) is 46.9. The minimum Gasteiger partial charge on any atom is -0.458 e. The molecular formula is C33H36N2O9. The standard InChI is InChI=1S/C33H36N2O9/c1-31-16-14-25(43-29(36)20-4-9-23(10-5-20)34(38)39)18-22(31)8-13-26-27(31)15-17-32(2)28(26)42-19-33(32,3)44-30(37)21-6-11-24(12-7-21)35(40)41/h4-12,25-28H,13-19H2,1-3H3/t25-,26-,27+,28-,31+,32+,33-/m1/s1. The van der Waals surface area contributed by atoms with E-state index in [1.807, 2.05) is 6.92 Å². The number of ether oxygens (including phenoxy) is 3. The Labute approximate surface area is 254 Å². The lowest BCUT2D eigenvalue weighted by molar-refractivity contribution is -0.385. The van der Waals surface area contributed by atoms with Gasteiger partial charge in [-0.25, -0.2) is 9.59 Å². The Kier molecular flexibility index (Phi) is 7.34. The van der Waals surface area contributed by atoms with Gasteiger partial charge in [-0.05, 0) is 80.5 Å². The number of benzene rings is 2. The van der Waals surface area contributed by atoms with Crippen molar-refractivity contribution in [3.63, 3.8) is 0 Å². The van der Waals surface area contributed by atoms with Gasteiger partial charge in [-0.1, -0.05) is 25.5 Å². The van der Waals surface area contributed by atoms with Crippen LogP contribution in [-0.2, 0) is 14.2 Å². The lowest BCUT2D eigenvalue weighted by Crippen LogP contribution is -2.57. The fraction of sp³-hybridized carbons (Fsp3) is 0.515. The van der Waals surface area contributed by atoms with Gasteiger partial charge in [0, 0.05) is 36.1 Å². The summed E-state index contributed by atoms with van der Waals surface area (Å²) in [5.41, 5.74) is 0.399. The van der Waals surface area contributed by atoms with E-state index >= 15 is 0 Å². The number of carbonyl (C=O) groups is 2. The Morgan fingerprint density at radius 3 is 2.05 bits per heavy atom. The molecule has 2 aromatic carbocycles. The largest absolute Gasteiger partial charge is 0.458 e. The van der Waals surface area contributed by atoms with E-state index in [1.54, 1.807) is 0 Å². The fourth-order valence-electron chi connectivity index (χ4n) is 8.25. The van der Waals surface area contributed by atoms with Crippen LogP contribution in [0.2, 0.25) is 0 Å². The number of nitro benzene ring substituents is 2. The molecule has 6 rings (SSSR count). The molecule has 0 amide bonds. The molecule has 0 aromatic heterocycles. The molecule has 7 atom stereocenters. The Morgan fingerprint density at radius 1 is 0.864 bits per heavy atom. The number of allylic oxidation sites excluding steroid dienone is 1. The number of hydrogen-bond donors (Lipinski definition) is 0. The molecule has 3 aliphatic carbocycles. The van der Waals surface area contributed by atoms with Crippen molar-refractivity contribution in [2.24, 2.45) is 22.7 Å². The first-order valence-corrected chi connectivity index (χ1v) is 15.1. The third-order valence-electron chi connectivity index (χ3n) is 11.1. The zero-order chi connectivity index (χ0) is 31.4.